The molecule has 4 atom stereocenters. The highest BCUT2D eigenvalue weighted by molar-refractivity contribution is 5.85. The average Bonchev–Trinajstić information content (AvgIpc) is 3.02. The van der Waals surface area contributed by atoms with E-state index in [2.05, 4.69) is 10.4 Å². The summed E-state index contributed by atoms with van der Waals surface area (Å²) in [5.74, 6) is 1.23. The summed E-state index contributed by atoms with van der Waals surface area (Å²) in [7, 11) is 1.88. The Labute approximate surface area is 119 Å². The number of fused-ring (bicyclic) bond motifs is 2. The predicted octanol–water partition coefficient (Wildman–Crippen LogP) is 0.831. The fourth-order valence-electron chi connectivity index (χ4n) is 3.60. The van der Waals surface area contributed by atoms with E-state index in [1.165, 1.54) is 12.8 Å². The minimum Gasteiger partial charge on any atom is -0.350 e. The Balaban J connectivity index is 0.00000133. The summed E-state index contributed by atoms with van der Waals surface area (Å²) in [6.07, 6.45) is 5.26. The van der Waals surface area contributed by atoms with E-state index in [1.807, 2.05) is 13.1 Å². The molecule has 2 fully saturated rings. The molecule has 2 aliphatic rings. The molecule has 1 amide bonds. The number of nitrogens with zero attached hydrogens (tertiary/aromatic N) is 2. The van der Waals surface area contributed by atoms with Crippen molar-refractivity contribution in [2.24, 2.45) is 30.5 Å². The number of aryl methyl sites for hydroxylation is 1. The number of carbonyl (C=O) groups excluding carboxylic acids is 1. The van der Waals surface area contributed by atoms with Crippen molar-refractivity contribution in [2.45, 2.75) is 31.8 Å². The lowest BCUT2D eigenvalue weighted by molar-refractivity contribution is -0.127. The van der Waals surface area contributed by atoms with Crippen LogP contribution < -0.4 is 11.1 Å². The van der Waals surface area contributed by atoms with Crippen LogP contribution in [-0.2, 0) is 18.4 Å². The second kappa shape index (κ2) is 5.51. The quantitative estimate of drug-likeness (QED) is 0.864. The summed E-state index contributed by atoms with van der Waals surface area (Å²) < 4.78 is 1.78. The van der Waals surface area contributed by atoms with Crippen molar-refractivity contribution in [3.05, 3.63) is 18.0 Å². The Morgan fingerprint density at radius 2 is 2.26 bits per heavy atom. The van der Waals surface area contributed by atoms with Crippen molar-refractivity contribution in [1.82, 2.24) is 15.1 Å². The van der Waals surface area contributed by atoms with Gasteiger partial charge in [0.25, 0.3) is 0 Å². The van der Waals surface area contributed by atoms with Gasteiger partial charge in [-0.2, -0.15) is 5.10 Å². The van der Waals surface area contributed by atoms with Crippen LogP contribution in [0.2, 0.25) is 0 Å². The number of halogens is 1. The van der Waals surface area contributed by atoms with Crippen molar-refractivity contribution in [1.29, 1.82) is 0 Å². The van der Waals surface area contributed by atoms with Gasteiger partial charge in [-0.15, -0.1) is 12.4 Å². The Bertz CT molecular complexity index is 459. The smallest absolute Gasteiger partial charge is 0.225 e. The fraction of sp³-hybridized carbons (Fsp3) is 0.692. The average molecular weight is 285 g/mol. The van der Waals surface area contributed by atoms with E-state index in [0.29, 0.717) is 18.4 Å². The topological polar surface area (TPSA) is 72.9 Å². The van der Waals surface area contributed by atoms with Gasteiger partial charge in [0.1, 0.15) is 0 Å². The maximum atomic E-state index is 12.2. The van der Waals surface area contributed by atoms with Gasteiger partial charge in [0.2, 0.25) is 5.91 Å². The second-order valence-corrected chi connectivity index (χ2v) is 5.60. The number of nitrogens with one attached hydrogen (secondary N) is 1. The summed E-state index contributed by atoms with van der Waals surface area (Å²) >= 11 is 0. The van der Waals surface area contributed by atoms with E-state index >= 15 is 0 Å². The molecule has 4 unspecified atom stereocenters. The SMILES string of the molecule is Cl.Cn1nccc1CNC(=O)C1C2CCC(C2)C1N. The Kier molecular flexibility index (Phi) is 4.16. The van der Waals surface area contributed by atoms with E-state index in [0.717, 1.165) is 12.1 Å². The van der Waals surface area contributed by atoms with Crippen LogP contribution in [0.1, 0.15) is 25.0 Å². The van der Waals surface area contributed by atoms with E-state index in [4.69, 9.17) is 5.73 Å². The molecule has 0 aromatic carbocycles. The molecule has 0 saturated heterocycles. The monoisotopic (exact) mass is 284 g/mol. The maximum Gasteiger partial charge on any atom is 0.225 e. The molecule has 1 aromatic heterocycles. The van der Waals surface area contributed by atoms with E-state index in [1.54, 1.807) is 10.9 Å². The standard InChI is InChI=1S/C13H20N4O.ClH/c1-17-10(4-5-16-17)7-15-13(18)11-8-2-3-9(6-8)12(11)14;/h4-5,8-9,11-12H,2-3,6-7,14H2,1H3,(H,15,18);1H. The Morgan fingerprint density at radius 1 is 1.53 bits per heavy atom. The predicted molar refractivity (Wildman–Crippen MR) is 74.6 cm³/mol. The van der Waals surface area contributed by atoms with Gasteiger partial charge in [0.15, 0.2) is 0 Å². The van der Waals surface area contributed by atoms with E-state index in [9.17, 15) is 4.79 Å². The molecule has 3 N–H and O–H groups in total. The molecular weight excluding hydrogens is 264 g/mol. The minimum absolute atomic E-state index is 0. The largest absolute Gasteiger partial charge is 0.350 e. The third kappa shape index (κ3) is 2.49. The first-order chi connectivity index (χ1) is 8.66. The lowest BCUT2D eigenvalue weighted by atomic mass is 9.84. The zero-order valence-corrected chi connectivity index (χ0v) is 11.9. The number of nitrogens with two attached hydrogens (primary N) is 1. The lowest BCUT2D eigenvalue weighted by Crippen LogP contribution is -2.45. The van der Waals surface area contributed by atoms with Gasteiger partial charge >= 0.3 is 0 Å². The van der Waals surface area contributed by atoms with E-state index in [-0.39, 0.29) is 30.3 Å². The molecule has 0 aliphatic heterocycles. The molecule has 0 spiro atoms. The van der Waals surface area contributed by atoms with Crippen LogP contribution >= 0.6 is 12.4 Å². The van der Waals surface area contributed by atoms with Crippen molar-refractivity contribution >= 4 is 18.3 Å². The molecule has 3 rings (SSSR count). The minimum atomic E-state index is 0. The zero-order chi connectivity index (χ0) is 12.7. The number of amides is 1. The van der Waals surface area contributed by atoms with Crippen LogP contribution in [0.15, 0.2) is 12.3 Å². The van der Waals surface area contributed by atoms with Crippen LogP contribution in [0.25, 0.3) is 0 Å². The lowest BCUT2D eigenvalue weighted by Gasteiger charge is -2.26. The number of hydrogen-bond acceptors (Lipinski definition) is 3. The number of carbonyl (C=O) groups is 1. The van der Waals surface area contributed by atoms with Crippen LogP contribution in [0, 0.1) is 17.8 Å². The van der Waals surface area contributed by atoms with Gasteiger partial charge in [0, 0.05) is 19.3 Å². The van der Waals surface area contributed by atoms with Crippen molar-refractivity contribution in [2.75, 3.05) is 0 Å². The summed E-state index contributed by atoms with van der Waals surface area (Å²) in [5.41, 5.74) is 7.18. The van der Waals surface area contributed by atoms with Gasteiger partial charge in [0.05, 0.1) is 18.2 Å². The molecule has 106 valence electrons. The number of rotatable bonds is 3. The molecule has 0 radical (unpaired) electrons. The van der Waals surface area contributed by atoms with Gasteiger partial charge in [-0.25, -0.2) is 0 Å². The summed E-state index contributed by atoms with van der Waals surface area (Å²) in [6, 6.07) is 1.98. The third-order valence-electron chi connectivity index (χ3n) is 4.65. The maximum absolute atomic E-state index is 12.2. The molecule has 1 heterocycles. The molecular formula is C13H21ClN4O. The Morgan fingerprint density at radius 3 is 2.84 bits per heavy atom. The summed E-state index contributed by atoms with van der Waals surface area (Å²) in [4.78, 5) is 12.2. The van der Waals surface area contributed by atoms with Crippen LogP contribution in [0.3, 0.4) is 0 Å². The number of aromatic nitrogens is 2. The van der Waals surface area contributed by atoms with E-state index < -0.39 is 0 Å². The van der Waals surface area contributed by atoms with Crippen molar-refractivity contribution in [3.63, 3.8) is 0 Å². The molecule has 2 bridgehead atoms. The highest BCUT2D eigenvalue weighted by Crippen LogP contribution is 2.47. The van der Waals surface area contributed by atoms with Crippen molar-refractivity contribution in [3.8, 4) is 0 Å². The molecule has 1 aromatic rings. The van der Waals surface area contributed by atoms with Crippen LogP contribution in [0.4, 0.5) is 0 Å². The van der Waals surface area contributed by atoms with Gasteiger partial charge < -0.3 is 11.1 Å². The highest BCUT2D eigenvalue weighted by Gasteiger charge is 2.48. The number of hydrogen-bond donors (Lipinski definition) is 2. The fourth-order valence-corrected chi connectivity index (χ4v) is 3.60. The zero-order valence-electron chi connectivity index (χ0n) is 11.1. The van der Waals surface area contributed by atoms with Gasteiger partial charge in [-0.1, -0.05) is 0 Å². The Hall–Kier alpha value is -1.07. The molecule has 19 heavy (non-hydrogen) atoms. The second-order valence-electron chi connectivity index (χ2n) is 5.60. The molecule has 6 heteroatoms. The van der Waals surface area contributed by atoms with Crippen LogP contribution in [-0.4, -0.2) is 21.7 Å². The normalized spacial score (nSPS) is 32.1. The van der Waals surface area contributed by atoms with Crippen molar-refractivity contribution < 1.29 is 4.79 Å². The van der Waals surface area contributed by atoms with Crippen LogP contribution in [0.5, 0.6) is 0 Å². The molecule has 2 saturated carbocycles. The highest BCUT2D eigenvalue weighted by atomic mass is 35.5. The summed E-state index contributed by atoms with van der Waals surface area (Å²) in [6.45, 7) is 0.538. The first-order valence-corrected chi connectivity index (χ1v) is 6.67. The molecule has 5 nitrogen and oxygen atoms in total. The first kappa shape index (κ1) is 14.3. The molecule has 2 aliphatic carbocycles. The summed E-state index contributed by atoms with van der Waals surface area (Å²) in [5, 5.41) is 7.09. The van der Waals surface area contributed by atoms with Gasteiger partial charge in [-0.05, 0) is 37.2 Å². The van der Waals surface area contributed by atoms with Gasteiger partial charge in [-0.3, -0.25) is 9.48 Å². The first-order valence-electron chi connectivity index (χ1n) is 6.67. The third-order valence-corrected chi connectivity index (χ3v) is 4.65.